The zero-order chi connectivity index (χ0) is 11.5. The first-order valence-electron chi connectivity index (χ1n) is 5.48. The van der Waals surface area contributed by atoms with E-state index in [1.165, 1.54) is 12.8 Å². The van der Waals surface area contributed by atoms with E-state index in [1.54, 1.807) is 19.2 Å². The average Bonchev–Trinajstić information content (AvgIpc) is 2.33. The van der Waals surface area contributed by atoms with Gasteiger partial charge in [-0.25, -0.2) is 4.39 Å². The van der Waals surface area contributed by atoms with Crippen LogP contribution in [0.25, 0.3) is 0 Å². The fourth-order valence-electron chi connectivity index (χ4n) is 2.11. The molecule has 1 unspecified atom stereocenters. The molecule has 0 aromatic heterocycles. The lowest BCUT2D eigenvalue weighted by Crippen LogP contribution is -2.27. The maximum absolute atomic E-state index is 13.5. The minimum absolute atomic E-state index is 0.214. The summed E-state index contributed by atoms with van der Waals surface area (Å²) >= 11 is 3.17. The van der Waals surface area contributed by atoms with Gasteiger partial charge in [0.25, 0.3) is 0 Å². The van der Waals surface area contributed by atoms with Crippen molar-refractivity contribution in [2.24, 2.45) is 0 Å². The van der Waals surface area contributed by atoms with E-state index in [0.29, 0.717) is 4.47 Å². The maximum atomic E-state index is 13.5. The maximum Gasteiger partial charge on any atom is 0.137 e. The molecular formula is C12H15BrFNO. The zero-order valence-corrected chi connectivity index (χ0v) is 10.8. The molecule has 1 aliphatic heterocycles. The molecule has 1 heterocycles. The van der Waals surface area contributed by atoms with Crippen molar-refractivity contribution in [1.82, 2.24) is 5.32 Å². The first kappa shape index (κ1) is 11.9. The van der Waals surface area contributed by atoms with Crippen LogP contribution < -0.4 is 10.1 Å². The van der Waals surface area contributed by atoms with Crippen LogP contribution in [0.4, 0.5) is 4.39 Å². The van der Waals surface area contributed by atoms with Crippen molar-refractivity contribution in [3.05, 3.63) is 28.0 Å². The highest BCUT2D eigenvalue weighted by molar-refractivity contribution is 9.10. The molecule has 1 saturated heterocycles. The molecule has 1 aliphatic rings. The van der Waals surface area contributed by atoms with Gasteiger partial charge in [-0.3, -0.25) is 0 Å². The topological polar surface area (TPSA) is 21.3 Å². The summed E-state index contributed by atoms with van der Waals surface area (Å²) in [5.41, 5.74) is 0.919. The minimum Gasteiger partial charge on any atom is -0.496 e. The van der Waals surface area contributed by atoms with Crippen molar-refractivity contribution in [3.8, 4) is 5.75 Å². The van der Waals surface area contributed by atoms with Gasteiger partial charge < -0.3 is 10.1 Å². The van der Waals surface area contributed by atoms with Crippen molar-refractivity contribution in [2.75, 3.05) is 13.7 Å². The Kier molecular flexibility index (Phi) is 3.82. The third-order valence-corrected chi connectivity index (χ3v) is 3.57. The van der Waals surface area contributed by atoms with Crippen molar-refractivity contribution >= 4 is 15.9 Å². The number of ether oxygens (including phenoxy) is 1. The molecule has 0 saturated carbocycles. The lowest BCUT2D eigenvalue weighted by molar-refractivity contribution is 0.371. The monoisotopic (exact) mass is 287 g/mol. The van der Waals surface area contributed by atoms with Gasteiger partial charge in [0.15, 0.2) is 0 Å². The number of rotatable bonds is 2. The third kappa shape index (κ3) is 2.38. The first-order chi connectivity index (χ1) is 7.72. The second-order valence-electron chi connectivity index (χ2n) is 4.01. The summed E-state index contributed by atoms with van der Waals surface area (Å²) in [6.07, 6.45) is 3.41. The van der Waals surface area contributed by atoms with E-state index >= 15 is 0 Å². The van der Waals surface area contributed by atoms with E-state index in [0.717, 1.165) is 24.3 Å². The number of hydrogen-bond acceptors (Lipinski definition) is 2. The number of halogens is 2. The molecule has 88 valence electrons. The number of nitrogens with one attached hydrogen (secondary N) is 1. The molecule has 0 bridgehead atoms. The predicted octanol–water partition coefficient (Wildman–Crippen LogP) is 3.41. The molecule has 1 N–H and O–H groups in total. The molecule has 0 spiro atoms. The van der Waals surface area contributed by atoms with Gasteiger partial charge in [-0.15, -0.1) is 0 Å². The van der Waals surface area contributed by atoms with Crippen LogP contribution in [0.2, 0.25) is 0 Å². The van der Waals surface area contributed by atoms with Crippen LogP contribution in [0, 0.1) is 5.82 Å². The fraction of sp³-hybridized carbons (Fsp3) is 0.500. The molecule has 0 aliphatic carbocycles. The predicted molar refractivity (Wildman–Crippen MR) is 65.2 cm³/mol. The van der Waals surface area contributed by atoms with E-state index in [9.17, 15) is 4.39 Å². The molecule has 0 amide bonds. The van der Waals surface area contributed by atoms with Crippen LogP contribution >= 0.6 is 15.9 Å². The highest BCUT2D eigenvalue weighted by Crippen LogP contribution is 2.34. The number of methoxy groups -OCH3 is 1. The molecule has 2 rings (SSSR count). The van der Waals surface area contributed by atoms with Gasteiger partial charge in [-0.1, -0.05) is 6.42 Å². The molecule has 1 fully saturated rings. The second-order valence-corrected chi connectivity index (χ2v) is 4.87. The molecule has 1 aromatic carbocycles. The van der Waals surface area contributed by atoms with Crippen molar-refractivity contribution in [3.63, 3.8) is 0 Å². The van der Waals surface area contributed by atoms with Gasteiger partial charge in [-0.05, 0) is 47.4 Å². The van der Waals surface area contributed by atoms with E-state index in [4.69, 9.17) is 4.74 Å². The Balaban J connectivity index is 2.33. The second kappa shape index (κ2) is 5.15. The molecule has 1 atom stereocenters. The molecule has 1 aromatic rings. The Morgan fingerprint density at radius 3 is 2.88 bits per heavy atom. The van der Waals surface area contributed by atoms with Gasteiger partial charge in [-0.2, -0.15) is 0 Å². The smallest absolute Gasteiger partial charge is 0.137 e. The summed E-state index contributed by atoms with van der Waals surface area (Å²) in [4.78, 5) is 0. The third-order valence-electron chi connectivity index (χ3n) is 2.96. The molecular weight excluding hydrogens is 273 g/mol. The minimum atomic E-state index is -0.233. The van der Waals surface area contributed by atoms with Gasteiger partial charge in [0.05, 0.1) is 11.6 Å². The lowest BCUT2D eigenvalue weighted by atomic mass is 9.97. The Bertz CT molecular complexity index is 378. The van der Waals surface area contributed by atoms with Crippen LogP contribution in [0.3, 0.4) is 0 Å². The first-order valence-corrected chi connectivity index (χ1v) is 6.28. The van der Waals surface area contributed by atoms with Crippen LogP contribution in [-0.2, 0) is 0 Å². The summed E-state index contributed by atoms with van der Waals surface area (Å²) in [6.45, 7) is 0.992. The summed E-state index contributed by atoms with van der Waals surface area (Å²) in [6, 6.07) is 3.47. The van der Waals surface area contributed by atoms with Gasteiger partial charge in [0, 0.05) is 11.6 Å². The van der Waals surface area contributed by atoms with Crippen molar-refractivity contribution in [2.45, 2.75) is 25.3 Å². The fourth-order valence-corrected chi connectivity index (χ4v) is 2.43. The standard InChI is InChI=1S/C12H15BrFNO/c1-16-12-7-9(13)10(14)6-8(12)11-4-2-3-5-15-11/h6-7,11,15H,2-5H2,1H3. The number of benzene rings is 1. The van der Waals surface area contributed by atoms with Crippen molar-refractivity contribution < 1.29 is 9.13 Å². The number of hydrogen-bond donors (Lipinski definition) is 1. The van der Waals surface area contributed by atoms with Crippen LogP contribution in [0.15, 0.2) is 16.6 Å². The summed E-state index contributed by atoms with van der Waals surface area (Å²) in [5.74, 6) is 0.510. The SMILES string of the molecule is COc1cc(Br)c(F)cc1C1CCCCN1. The molecule has 4 heteroatoms. The van der Waals surface area contributed by atoms with E-state index in [-0.39, 0.29) is 11.9 Å². The summed E-state index contributed by atoms with van der Waals surface area (Å²) < 4.78 is 19.3. The highest BCUT2D eigenvalue weighted by Gasteiger charge is 2.20. The van der Waals surface area contributed by atoms with E-state index < -0.39 is 0 Å². The van der Waals surface area contributed by atoms with Gasteiger partial charge in [0.1, 0.15) is 11.6 Å². The Morgan fingerprint density at radius 2 is 2.25 bits per heavy atom. The largest absolute Gasteiger partial charge is 0.496 e. The Labute approximate surface area is 103 Å². The lowest BCUT2D eigenvalue weighted by Gasteiger charge is -2.25. The van der Waals surface area contributed by atoms with E-state index in [1.807, 2.05) is 0 Å². The summed E-state index contributed by atoms with van der Waals surface area (Å²) in [7, 11) is 1.62. The molecule has 2 nitrogen and oxygen atoms in total. The van der Waals surface area contributed by atoms with E-state index in [2.05, 4.69) is 21.2 Å². The molecule has 0 radical (unpaired) electrons. The van der Waals surface area contributed by atoms with Gasteiger partial charge >= 0.3 is 0 Å². The van der Waals surface area contributed by atoms with Gasteiger partial charge in [0.2, 0.25) is 0 Å². The quantitative estimate of drug-likeness (QED) is 0.900. The van der Waals surface area contributed by atoms with Crippen LogP contribution in [0.5, 0.6) is 5.75 Å². The van der Waals surface area contributed by atoms with Crippen LogP contribution in [-0.4, -0.2) is 13.7 Å². The average molecular weight is 288 g/mol. The highest BCUT2D eigenvalue weighted by atomic mass is 79.9. The summed E-state index contributed by atoms with van der Waals surface area (Å²) in [5, 5.41) is 3.39. The normalized spacial score (nSPS) is 20.8. The molecule has 16 heavy (non-hydrogen) atoms. The van der Waals surface area contributed by atoms with Crippen LogP contribution in [0.1, 0.15) is 30.9 Å². The Hall–Kier alpha value is -0.610. The zero-order valence-electron chi connectivity index (χ0n) is 9.22. The Morgan fingerprint density at radius 1 is 1.44 bits per heavy atom. The number of piperidine rings is 1. The van der Waals surface area contributed by atoms with Crippen molar-refractivity contribution in [1.29, 1.82) is 0 Å².